The van der Waals surface area contributed by atoms with Gasteiger partial charge in [0.2, 0.25) is 5.91 Å². The molecular weight excluding hydrogens is 228 g/mol. The highest BCUT2D eigenvalue weighted by Crippen LogP contribution is 2.16. The van der Waals surface area contributed by atoms with Crippen LogP contribution < -0.4 is 5.73 Å². The first-order valence-corrected chi connectivity index (χ1v) is 7.23. The Hall–Kier alpha value is -0.610. The van der Waals surface area contributed by atoms with Crippen LogP contribution >= 0.6 is 0 Å². The molecule has 0 aromatic rings. The molecule has 0 atom stereocenters. The van der Waals surface area contributed by atoms with Crippen LogP contribution in [0.2, 0.25) is 0 Å². The molecule has 0 aliphatic carbocycles. The predicted octanol–water partition coefficient (Wildman–Crippen LogP) is 1.78. The van der Waals surface area contributed by atoms with E-state index in [1.807, 2.05) is 4.90 Å². The summed E-state index contributed by atoms with van der Waals surface area (Å²) in [5, 5.41) is 0. The zero-order chi connectivity index (χ0) is 13.4. The summed E-state index contributed by atoms with van der Waals surface area (Å²) in [6.07, 6.45) is 4.87. The fourth-order valence-electron chi connectivity index (χ4n) is 2.18. The van der Waals surface area contributed by atoms with E-state index in [9.17, 15) is 4.79 Å². The second kappa shape index (κ2) is 8.48. The highest BCUT2D eigenvalue weighted by molar-refractivity contribution is 5.76. The van der Waals surface area contributed by atoms with Crippen molar-refractivity contribution in [3.63, 3.8) is 0 Å². The molecule has 1 fully saturated rings. The van der Waals surface area contributed by atoms with Crippen molar-refractivity contribution in [3.05, 3.63) is 0 Å². The Morgan fingerprint density at radius 3 is 2.61 bits per heavy atom. The molecule has 1 heterocycles. The van der Waals surface area contributed by atoms with Gasteiger partial charge in [0.05, 0.1) is 6.10 Å². The molecule has 0 aromatic carbocycles. The van der Waals surface area contributed by atoms with Crippen LogP contribution in [-0.4, -0.2) is 43.2 Å². The van der Waals surface area contributed by atoms with Crippen molar-refractivity contribution in [1.29, 1.82) is 0 Å². The molecule has 0 spiro atoms. The second-order valence-corrected chi connectivity index (χ2v) is 5.53. The van der Waals surface area contributed by atoms with E-state index in [-0.39, 0.29) is 0 Å². The maximum absolute atomic E-state index is 11.9. The lowest BCUT2D eigenvalue weighted by Crippen LogP contribution is -2.41. The Morgan fingerprint density at radius 2 is 2.06 bits per heavy atom. The maximum atomic E-state index is 11.9. The number of nitrogens with two attached hydrogens (primary N) is 1. The summed E-state index contributed by atoms with van der Waals surface area (Å²) in [6, 6.07) is 0. The average molecular weight is 256 g/mol. The van der Waals surface area contributed by atoms with Crippen LogP contribution in [0.4, 0.5) is 0 Å². The van der Waals surface area contributed by atoms with Crippen molar-refractivity contribution in [2.45, 2.75) is 52.1 Å². The third kappa shape index (κ3) is 5.83. The lowest BCUT2D eigenvalue weighted by molar-refractivity contribution is -0.134. The summed E-state index contributed by atoms with van der Waals surface area (Å²) in [7, 11) is 0. The van der Waals surface area contributed by atoms with Gasteiger partial charge in [-0.25, -0.2) is 0 Å². The first-order valence-electron chi connectivity index (χ1n) is 7.23. The van der Waals surface area contributed by atoms with Gasteiger partial charge in [-0.1, -0.05) is 13.8 Å². The minimum absolute atomic E-state index is 0.309. The summed E-state index contributed by atoms with van der Waals surface area (Å²) in [5.41, 5.74) is 5.43. The van der Waals surface area contributed by atoms with E-state index in [1.165, 1.54) is 0 Å². The normalized spacial score (nSPS) is 17.4. The highest BCUT2D eigenvalue weighted by Gasteiger charge is 2.22. The standard InChI is InChI=1S/C14H28N2O2/c1-12(2)4-5-14(17)16-9-6-13(7-10-16)18-11-3-8-15/h12-13H,3-11,15H2,1-2H3. The third-order valence-corrected chi connectivity index (χ3v) is 3.43. The fraction of sp³-hybridized carbons (Fsp3) is 0.929. The average Bonchev–Trinajstić information content (AvgIpc) is 2.37. The van der Waals surface area contributed by atoms with Crippen molar-refractivity contribution in [3.8, 4) is 0 Å². The molecule has 106 valence electrons. The van der Waals surface area contributed by atoms with Gasteiger partial charge in [-0.15, -0.1) is 0 Å². The van der Waals surface area contributed by atoms with Gasteiger partial charge in [-0.05, 0) is 38.1 Å². The van der Waals surface area contributed by atoms with E-state index in [1.54, 1.807) is 0 Å². The Labute approximate surface area is 111 Å². The Morgan fingerprint density at radius 1 is 1.39 bits per heavy atom. The van der Waals surface area contributed by atoms with Gasteiger partial charge in [-0.3, -0.25) is 4.79 Å². The number of amides is 1. The van der Waals surface area contributed by atoms with Crippen molar-refractivity contribution in [2.24, 2.45) is 11.7 Å². The van der Waals surface area contributed by atoms with E-state index in [2.05, 4.69) is 13.8 Å². The molecule has 4 nitrogen and oxygen atoms in total. The second-order valence-electron chi connectivity index (χ2n) is 5.53. The van der Waals surface area contributed by atoms with E-state index >= 15 is 0 Å². The summed E-state index contributed by atoms with van der Waals surface area (Å²) in [6.45, 7) is 7.46. The van der Waals surface area contributed by atoms with Crippen LogP contribution in [0.25, 0.3) is 0 Å². The monoisotopic (exact) mass is 256 g/mol. The molecule has 1 saturated heterocycles. The number of hydrogen-bond donors (Lipinski definition) is 1. The van der Waals surface area contributed by atoms with E-state index in [0.717, 1.165) is 45.4 Å². The lowest BCUT2D eigenvalue weighted by atomic mass is 10.0. The fourth-order valence-corrected chi connectivity index (χ4v) is 2.18. The quantitative estimate of drug-likeness (QED) is 0.706. The van der Waals surface area contributed by atoms with Gasteiger partial charge >= 0.3 is 0 Å². The van der Waals surface area contributed by atoms with Crippen LogP contribution in [0.3, 0.4) is 0 Å². The number of carbonyl (C=O) groups excluding carboxylic acids is 1. The Bertz CT molecular complexity index is 236. The van der Waals surface area contributed by atoms with E-state index in [4.69, 9.17) is 10.5 Å². The number of piperidine rings is 1. The Kier molecular flexibility index (Phi) is 7.28. The number of nitrogens with zero attached hydrogens (tertiary/aromatic N) is 1. The molecule has 0 saturated carbocycles. The van der Waals surface area contributed by atoms with Crippen molar-refractivity contribution >= 4 is 5.91 Å². The van der Waals surface area contributed by atoms with Gasteiger partial charge in [0.1, 0.15) is 0 Å². The molecule has 18 heavy (non-hydrogen) atoms. The molecule has 2 N–H and O–H groups in total. The first kappa shape index (κ1) is 15.4. The summed E-state index contributed by atoms with van der Waals surface area (Å²) < 4.78 is 5.73. The molecule has 0 aromatic heterocycles. The molecule has 1 amide bonds. The van der Waals surface area contributed by atoms with Crippen LogP contribution in [0.15, 0.2) is 0 Å². The third-order valence-electron chi connectivity index (χ3n) is 3.43. The lowest BCUT2D eigenvalue weighted by Gasteiger charge is -2.32. The molecular formula is C14H28N2O2. The smallest absolute Gasteiger partial charge is 0.222 e. The van der Waals surface area contributed by atoms with E-state index < -0.39 is 0 Å². The molecule has 0 unspecified atom stereocenters. The maximum Gasteiger partial charge on any atom is 0.222 e. The zero-order valence-corrected chi connectivity index (χ0v) is 11.9. The largest absolute Gasteiger partial charge is 0.378 e. The van der Waals surface area contributed by atoms with Gasteiger partial charge in [0.25, 0.3) is 0 Å². The predicted molar refractivity (Wildman–Crippen MR) is 73.3 cm³/mol. The summed E-state index contributed by atoms with van der Waals surface area (Å²) in [5.74, 6) is 0.912. The number of carbonyl (C=O) groups is 1. The number of rotatable bonds is 7. The first-order chi connectivity index (χ1) is 8.63. The topological polar surface area (TPSA) is 55.6 Å². The molecule has 0 bridgehead atoms. The Balaban J connectivity index is 2.16. The van der Waals surface area contributed by atoms with Crippen LogP contribution in [0.1, 0.15) is 46.0 Å². The minimum atomic E-state index is 0.309. The highest BCUT2D eigenvalue weighted by atomic mass is 16.5. The van der Waals surface area contributed by atoms with Gasteiger partial charge in [0, 0.05) is 26.1 Å². The SMILES string of the molecule is CC(C)CCC(=O)N1CCC(OCCCN)CC1. The van der Waals surface area contributed by atoms with Gasteiger partial charge in [-0.2, -0.15) is 0 Å². The van der Waals surface area contributed by atoms with Crippen LogP contribution in [0, 0.1) is 5.92 Å². The zero-order valence-electron chi connectivity index (χ0n) is 11.9. The molecule has 0 radical (unpaired) electrons. The number of hydrogen-bond acceptors (Lipinski definition) is 3. The van der Waals surface area contributed by atoms with Crippen LogP contribution in [-0.2, 0) is 9.53 Å². The molecule has 1 rings (SSSR count). The molecule has 1 aliphatic rings. The van der Waals surface area contributed by atoms with Crippen molar-refractivity contribution in [2.75, 3.05) is 26.2 Å². The summed E-state index contributed by atoms with van der Waals surface area (Å²) >= 11 is 0. The van der Waals surface area contributed by atoms with Crippen LogP contribution in [0.5, 0.6) is 0 Å². The molecule has 1 aliphatic heterocycles. The number of likely N-dealkylation sites (tertiary alicyclic amines) is 1. The summed E-state index contributed by atoms with van der Waals surface area (Å²) in [4.78, 5) is 13.9. The number of ether oxygens (including phenoxy) is 1. The van der Waals surface area contributed by atoms with E-state index in [0.29, 0.717) is 30.9 Å². The van der Waals surface area contributed by atoms with Gasteiger partial charge in [0.15, 0.2) is 0 Å². The van der Waals surface area contributed by atoms with Crippen molar-refractivity contribution < 1.29 is 9.53 Å². The molecule has 4 heteroatoms. The van der Waals surface area contributed by atoms with Crippen molar-refractivity contribution in [1.82, 2.24) is 4.90 Å². The van der Waals surface area contributed by atoms with Gasteiger partial charge < -0.3 is 15.4 Å². The minimum Gasteiger partial charge on any atom is -0.378 e.